The van der Waals surface area contributed by atoms with Crippen molar-refractivity contribution in [2.75, 3.05) is 6.54 Å². The van der Waals surface area contributed by atoms with Gasteiger partial charge in [0, 0.05) is 41.9 Å². The summed E-state index contributed by atoms with van der Waals surface area (Å²) in [6.45, 7) is 6.61. The standard InChI is InChI=1S/C28H28FN3O5/c1-28(2,3)37-27(34)31-11-4-5-24-23(16-31)22-13-20(8-9-25(22)36-24)32-12-10-21(14-26(32)33)35-17-19-7-6-18(29)15-30-19/h6-10,12-15H,4-5,11,16-17H2,1-3H3. The Bertz CT molecular complexity index is 1500. The van der Waals surface area contributed by atoms with Crippen LogP contribution < -0.4 is 10.3 Å². The first-order valence-electron chi connectivity index (χ1n) is 12.1. The molecule has 4 aromatic rings. The predicted molar refractivity (Wildman–Crippen MR) is 135 cm³/mol. The van der Waals surface area contributed by atoms with Gasteiger partial charge in [-0.3, -0.25) is 14.3 Å². The molecule has 4 heterocycles. The second-order valence-corrected chi connectivity index (χ2v) is 10.0. The Morgan fingerprint density at radius 3 is 2.73 bits per heavy atom. The maximum Gasteiger partial charge on any atom is 0.410 e. The molecule has 1 aliphatic rings. The van der Waals surface area contributed by atoms with Crippen LogP contribution in [0.1, 0.15) is 44.2 Å². The summed E-state index contributed by atoms with van der Waals surface area (Å²) in [5.74, 6) is 0.817. The molecule has 1 aromatic carbocycles. The topological polar surface area (TPSA) is 86.8 Å². The van der Waals surface area contributed by atoms with Gasteiger partial charge in [-0.05, 0) is 63.6 Å². The number of amides is 1. The molecule has 0 aliphatic carbocycles. The molecule has 0 spiro atoms. The molecule has 37 heavy (non-hydrogen) atoms. The minimum Gasteiger partial charge on any atom is -0.487 e. The number of fused-ring (bicyclic) bond motifs is 3. The zero-order valence-electron chi connectivity index (χ0n) is 21.0. The van der Waals surface area contributed by atoms with Gasteiger partial charge in [0.1, 0.15) is 35.1 Å². The van der Waals surface area contributed by atoms with E-state index in [1.165, 1.54) is 22.8 Å². The Balaban J connectivity index is 1.39. The van der Waals surface area contributed by atoms with Crippen LogP contribution in [0.3, 0.4) is 0 Å². The molecule has 8 nitrogen and oxygen atoms in total. The number of pyridine rings is 2. The summed E-state index contributed by atoms with van der Waals surface area (Å²) < 4.78 is 31.9. The highest BCUT2D eigenvalue weighted by Gasteiger charge is 2.27. The third-order valence-electron chi connectivity index (χ3n) is 6.04. The molecule has 5 rings (SSSR count). The number of hydrogen-bond donors (Lipinski definition) is 0. The number of ether oxygens (including phenoxy) is 2. The minimum absolute atomic E-state index is 0.116. The average Bonchev–Trinajstić information content (AvgIpc) is 3.04. The molecule has 0 saturated heterocycles. The highest BCUT2D eigenvalue weighted by Crippen LogP contribution is 2.32. The number of benzene rings is 1. The second-order valence-electron chi connectivity index (χ2n) is 10.0. The van der Waals surface area contributed by atoms with Crippen LogP contribution >= 0.6 is 0 Å². The molecule has 9 heteroatoms. The van der Waals surface area contributed by atoms with Crippen LogP contribution in [0.2, 0.25) is 0 Å². The second kappa shape index (κ2) is 9.72. The van der Waals surface area contributed by atoms with Crippen molar-refractivity contribution in [1.82, 2.24) is 14.5 Å². The summed E-state index contributed by atoms with van der Waals surface area (Å²) in [4.78, 5) is 31.3. The molecule has 3 aromatic heterocycles. The van der Waals surface area contributed by atoms with Crippen LogP contribution in [-0.4, -0.2) is 32.7 Å². The summed E-state index contributed by atoms with van der Waals surface area (Å²) in [5.41, 5.74) is 2.01. The van der Waals surface area contributed by atoms with Crippen LogP contribution in [0.4, 0.5) is 9.18 Å². The van der Waals surface area contributed by atoms with Gasteiger partial charge in [-0.15, -0.1) is 0 Å². The SMILES string of the molecule is CC(C)(C)OC(=O)N1CCCc2oc3ccc(-n4ccc(OCc5ccc(F)cn5)cc4=O)cc3c2C1. The number of hydrogen-bond acceptors (Lipinski definition) is 6. The van der Waals surface area contributed by atoms with Crippen LogP contribution in [0.25, 0.3) is 16.7 Å². The lowest BCUT2D eigenvalue weighted by Gasteiger charge is -2.26. The van der Waals surface area contributed by atoms with Crippen LogP contribution in [0.15, 0.2) is 64.1 Å². The average molecular weight is 506 g/mol. The van der Waals surface area contributed by atoms with Crippen molar-refractivity contribution in [2.24, 2.45) is 0 Å². The van der Waals surface area contributed by atoms with Gasteiger partial charge in [0.15, 0.2) is 0 Å². The normalized spacial score (nSPS) is 13.8. The molecular formula is C28H28FN3O5. The summed E-state index contributed by atoms with van der Waals surface area (Å²) in [5, 5.41) is 0.859. The molecule has 0 radical (unpaired) electrons. The highest BCUT2D eigenvalue weighted by atomic mass is 19.1. The molecule has 192 valence electrons. The first-order valence-corrected chi connectivity index (χ1v) is 12.1. The van der Waals surface area contributed by atoms with Crippen molar-refractivity contribution in [1.29, 1.82) is 0 Å². The Kier molecular flexibility index (Phi) is 6.45. The van der Waals surface area contributed by atoms with E-state index in [1.54, 1.807) is 17.2 Å². The van der Waals surface area contributed by atoms with Crippen LogP contribution in [-0.2, 0) is 24.3 Å². The Hall–Kier alpha value is -4.14. The first kappa shape index (κ1) is 24.5. The summed E-state index contributed by atoms with van der Waals surface area (Å²) in [6, 6.07) is 11.5. The number of rotatable bonds is 4. The third kappa shape index (κ3) is 5.50. The first-order chi connectivity index (χ1) is 17.7. The van der Waals surface area contributed by atoms with Gasteiger partial charge < -0.3 is 18.8 Å². The summed E-state index contributed by atoms with van der Waals surface area (Å²) in [7, 11) is 0. The van der Waals surface area contributed by atoms with E-state index >= 15 is 0 Å². The zero-order valence-corrected chi connectivity index (χ0v) is 21.0. The van der Waals surface area contributed by atoms with E-state index in [9.17, 15) is 14.0 Å². The van der Waals surface area contributed by atoms with E-state index in [1.807, 2.05) is 39.0 Å². The largest absolute Gasteiger partial charge is 0.487 e. The van der Waals surface area contributed by atoms with Gasteiger partial charge in [-0.25, -0.2) is 9.18 Å². The fourth-order valence-electron chi connectivity index (χ4n) is 4.31. The number of carbonyl (C=O) groups excluding carboxylic acids is 1. The zero-order chi connectivity index (χ0) is 26.2. The lowest BCUT2D eigenvalue weighted by molar-refractivity contribution is 0.0237. The van der Waals surface area contributed by atoms with Crippen molar-refractivity contribution in [3.63, 3.8) is 0 Å². The maximum atomic E-state index is 13.0. The molecule has 0 N–H and O–H groups in total. The molecule has 0 atom stereocenters. The third-order valence-corrected chi connectivity index (χ3v) is 6.04. The Labute approximate surface area is 213 Å². The lowest BCUT2D eigenvalue weighted by Crippen LogP contribution is -2.36. The molecule has 1 aliphatic heterocycles. The monoisotopic (exact) mass is 505 g/mol. The van der Waals surface area contributed by atoms with E-state index in [2.05, 4.69) is 4.98 Å². The molecular weight excluding hydrogens is 477 g/mol. The minimum atomic E-state index is -0.579. The molecule has 0 fully saturated rings. The molecule has 0 unspecified atom stereocenters. The number of carbonyl (C=O) groups is 1. The maximum absolute atomic E-state index is 13.0. The highest BCUT2D eigenvalue weighted by molar-refractivity contribution is 5.85. The van der Waals surface area contributed by atoms with Gasteiger partial charge >= 0.3 is 6.09 Å². The van der Waals surface area contributed by atoms with Gasteiger partial charge in [0.2, 0.25) is 0 Å². The smallest absolute Gasteiger partial charge is 0.410 e. The fourth-order valence-corrected chi connectivity index (χ4v) is 4.31. The number of nitrogens with zero attached hydrogens (tertiary/aromatic N) is 3. The number of furan rings is 1. The van der Waals surface area contributed by atoms with E-state index in [0.29, 0.717) is 42.2 Å². The number of aromatic nitrogens is 2. The van der Waals surface area contributed by atoms with Crippen LogP contribution in [0, 0.1) is 5.82 Å². The number of halogens is 1. The van der Waals surface area contributed by atoms with Crippen molar-refractivity contribution >= 4 is 17.1 Å². The van der Waals surface area contributed by atoms with Gasteiger partial charge in [0.05, 0.1) is 18.4 Å². The molecule has 0 saturated carbocycles. The summed E-state index contributed by atoms with van der Waals surface area (Å²) >= 11 is 0. The van der Waals surface area contributed by atoms with Gasteiger partial charge in [-0.1, -0.05) is 0 Å². The van der Waals surface area contributed by atoms with Crippen molar-refractivity contribution in [3.8, 4) is 11.4 Å². The van der Waals surface area contributed by atoms with Gasteiger partial charge in [-0.2, -0.15) is 0 Å². The fraction of sp³-hybridized carbons (Fsp3) is 0.321. The number of aryl methyl sites for hydroxylation is 1. The van der Waals surface area contributed by atoms with E-state index < -0.39 is 11.4 Å². The summed E-state index contributed by atoms with van der Waals surface area (Å²) in [6.07, 6.45) is 3.90. The van der Waals surface area contributed by atoms with Crippen molar-refractivity contribution in [2.45, 2.75) is 52.4 Å². The quantitative estimate of drug-likeness (QED) is 0.370. The molecule has 0 bridgehead atoms. The predicted octanol–water partition coefficient (Wildman–Crippen LogP) is 5.38. The Morgan fingerprint density at radius 2 is 2.00 bits per heavy atom. The van der Waals surface area contributed by atoms with E-state index in [-0.39, 0.29) is 18.3 Å². The lowest BCUT2D eigenvalue weighted by atomic mass is 10.1. The van der Waals surface area contributed by atoms with E-state index in [4.69, 9.17) is 13.9 Å². The van der Waals surface area contributed by atoms with E-state index in [0.717, 1.165) is 29.3 Å². The van der Waals surface area contributed by atoms with Crippen molar-refractivity contribution in [3.05, 3.63) is 88.0 Å². The van der Waals surface area contributed by atoms with Gasteiger partial charge in [0.25, 0.3) is 5.56 Å². The van der Waals surface area contributed by atoms with Crippen LogP contribution in [0.5, 0.6) is 5.75 Å². The molecule has 1 amide bonds. The van der Waals surface area contributed by atoms with Crippen molar-refractivity contribution < 1.29 is 23.1 Å². The Morgan fingerprint density at radius 1 is 1.16 bits per heavy atom.